The van der Waals surface area contributed by atoms with Crippen LogP contribution in [0.5, 0.6) is 5.75 Å². The molecule has 1 saturated heterocycles. The molecule has 0 aromatic heterocycles. The van der Waals surface area contributed by atoms with Gasteiger partial charge in [0, 0.05) is 31.6 Å². The maximum absolute atomic E-state index is 12.7. The predicted molar refractivity (Wildman–Crippen MR) is 134 cm³/mol. The third-order valence-electron chi connectivity index (χ3n) is 6.18. The summed E-state index contributed by atoms with van der Waals surface area (Å²) >= 11 is 0. The van der Waals surface area contributed by atoms with Gasteiger partial charge in [0.25, 0.3) is 0 Å². The highest BCUT2D eigenvalue weighted by molar-refractivity contribution is 5.91. The van der Waals surface area contributed by atoms with Crippen LogP contribution in [-0.2, 0) is 33.4 Å². The van der Waals surface area contributed by atoms with Crippen LogP contribution in [0.1, 0.15) is 83.1 Å². The van der Waals surface area contributed by atoms with E-state index < -0.39 is 0 Å². The summed E-state index contributed by atoms with van der Waals surface area (Å²) in [6.07, 6.45) is 2.49. The van der Waals surface area contributed by atoms with Crippen molar-refractivity contribution in [3.63, 3.8) is 0 Å². The zero-order chi connectivity index (χ0) is 24.4. The van der Waals surface area contributed by atoms with Gasteiger partial charge in [-0.2, -0.15) is 0 Å². The fraction of sp³-hybridized carbons (Fsp3) is 0.500. The first-order valence-electron chi connectivity index (χ1n) is 11.9. The summed E-state index contributed by atoms with van der Waals surface area (Å²) in [4.78, 5) is 26.5. The van der Waals surface area contributed by atoms with Crippen LogP contribution in [0.4, 0.5) is 5.69 Å². The van der Waals surface area contributed by atoms with E-state index >= 15 is 0 Å². The van der Waals surface area contributed by atoms with Gasteiger partial charge in [-0.05, 0) is 58.1 Å². The summed E-state index contributed by atoms with van der Waals surface area (Å²) in [5, 5.41) is 13.9. The van der Waals surface area contributed by atoms with Crippen molar-refractivity contribution in [1.82, 2.24) is 4.90 Å². The Hall–Kier alpha value is -2.82. The van der Waals surface area contributed by atoms with Crippen molar-refractivity contribution in [3.05, 3.63) is 58.7 Å². The Morgan fingerprint density at radius 3 is 2.18 bits per heavy atom. The van der Waals surface area contributed by atoms with Gasteiger partial charge < -0.3 is 15.3 Å². The number of aryl methyl sites for hydroxylation is 1. The van der Waals surface area contributed by atoms with Crippen molar-refractivity contribution in [2.24, 2.45) is 0 Å². The van der Waals surface area contributed by atoms with Crippen LogP contribution in [0.15, 0.2) is 36.4 Å². The van der Waals surface area contributed by atoms with E-state index in [9.17, 15) is 14.7 Å². The molecule has 2 amide bonds. The van der Waals surface area contributed by atoms with Crippen molar-refractivity contribution < 1.29 is 14.7 Å². The van der Waals surface area contributed by atoms with Crippen LogP contribution in [0.2, 0.25) is 0 Å². The Kier molecular flexibility index (Phi) is 7.20. The van der Waals surface area contributed by atoms with Gasteiger partial charge in [0.1, 0.15) is 5.75 Å². The quantitative estimate of drug-likeness (QED) is 0.595. The van der Waals surface area contributed by atoms with E-state index in [1.165, 1.54) is 0 Å². The average molecular weight is 451 g/mol. The number of rotatable bonds is 6. The number of carbonyl (C=O) groups excluding carboxylic acids is 2. The topological polar surface area (TPSA) is 69.6 Å². The molecule has 2 aromatic rings. The van der Waals surface area contributed by atoms with Crippen LogP contribution in [-0.4, -0.2) is 28.4 Å². The fourth-order valence-corrected chi connectivity index (χ4v) is 4.30. The Bertz CT molecular complexity index is 993. The summed E-state index contributed by atoms with van der Waals surface area (Å²) in [5.74, 6) is 0.506. The minimum absolute atomic E-state index is 0.0490. The van der Waals surface area contributed by atoms with E-state index in [4.69, 9.17) is 0 Å². The molecule has 1 fully saturated rings. The highest BCUT2D eigenvalue weighted by atomic mass is 16.3. The molecule has 1 aliphatic rings. The molecule has 33 heavy (non-hydrogen) atoms. The molecule has 3 rings (SSSR count). The maximum atomic E-state index is 12.7. The second-order valence-corrected chi connectivity index (χ2v) is 11.2. The molecule has 5 heteroatoms. The standard InChI is InChI=1S/C28H38N2O3/c1-27(2,3)22-16-19(17-23(26(22)33)28(4,5)6)12-13-24(31)29-21-10-7-9-20(15-21)18-30-14-8-11-25(30)32/h7,9-10,15-17,33H,8,11-14,18H2,1-6H3,(H,29,31). The Morgan fingerprint density at radius 2 is 1.64 bits per heavy atom. The minimum atomic E-state index is -0.195. The number of likely N-dealkylation sites (tertiary alicyclic amines) is 1. The molecule has 178 valence electrons. The van der Waals surface area contributed by atoms with Gasteiger partial charge in [0.05, 0.1) is 0 Å². The van der Waals surface area contributed by atoms with E-state index in [1.807, 2.05) is 41.3 Å². The monoisotopic (exact) mass is 450 g/mol. The average Bonchev–Trinajstić information content (AvgIpc) is 3.10. The van der Waals surface area contributed by atoms with Gasteiger partial charge in [-0.3, -0.25) is 9.59 Å². The molecule has 0 spiro atoms. The minimum Gasteiger partial charge on any atom is -0.507 e. The molecule has 0 unspecified atom stereocenters. The number of nitrogens with one attached hydrogen (secondary N) is 1. The lowest BCUT2D eigenvalue weighted by atomic mass is 9.78. The molecule has 2 N–H and O–H groups in total. The van der Waals surface area contributed by atoms with E-state index in [0.29, 0.717) is 31.6 Å². The molecule has 1 heterocycles. The largest absolute Gasteiger partial charge is 0.507 e. The molecule has 5 nitrogen and oxygen atoms in total. The predicted octanol–water partition coefficient (Wildman–Crippen LogP) is 5.68. The first-order chi connectivity index (χ1) is 15.3. The summed E-state index contributed by atoms with van der Waals surface area (Å²) in [6, 6.07) is 11.8. The number of nitrogens with zero attached hydrogens (tertiary/aromatic N) is 1. The summed E-state index contributed by atoms with van der Waals surface area (Å²) in [7, 11) is 0. The summed E-state index contributed by atoms with van der Waals surface area (Å²) in [5.41, 5.74) is 4.26. The number of hydrogen-bond acceptors (Lipinski definition) is 3. The summed E-state index contributed by atoms with van der Waals surface area (Å²) in [6.45, 7) is 13.9. The van der Waals surface area contributed by atoms with Crippen LogP contribution >= 0.6 is 0 Å². The second kappa shape index (κ2) is 9.58. The van der Waals surface area contributed by atoms with Gasteiger partial charge in [-0.15, -0.1) is 0 Å². The van der Waals surface area contributed by atoms with E-state index in [-0.39, 0.29) is 22.6 Å². The molecule has 1 aliphatic heterocycles. The smallest absolute Gasteiger partial charge is 0.224 e. The van der Waals surface area contributed by atoms with Crippen LogP contribution in [0, 0.1) is 0 Å². The SMILES string of the molecule is CC(C)(C)c1cc(CCC(=O)Nc2cccc(CN3CCCC3=O)c2)cc(C(C)(C)C)c1O. The Morgan fingerprint density at radius 1 is 1.00 bits per heavy atom. The number of anilines is 1. The van der Waals surface area contributed by atoms with Crippen molar-refractivity contribution >= 4 is 17.5 Å². The van der Waals surface area contributed by atoms with Gasteiger partial charge in [-0.25, -0.2) is 0 Å². The van der Waals surface area contributed by atoms with Crippen molar-refractivity contribution in [1.29, 1.82) is 0 Å². The lowest BCUT2D eigenvalue weighted by molar-refractivity contribution is -0.128. The zero-order valence-corrected chi connectivity index (χ0v) is 20.9. The Balaban J connectivity index is 1.68. The first-order valence-corrected chi connectivity index (χ1v) is 11.9. The number of phenolic OH excluding ortho intramolecular Hbond substituents is 1. The number of hydrogen-bond donors (Lipinski definition) is 2. The van der Waals surface area contributed by atoms with E-state index in [0.717, 1.165) is 40.9 Å². The number of amides is 2. The summed E-state index contributed by atoms with van der Waals surface area (Å²) < 4.78 is 0. The van der Waals surface area contributed by atoms with Crippen LogP contribution in [0.25, 0.3) is 0 Å². The number of carbonyl (C=O) groups is 2. The molecule has 2 aromatic carbocycles. The van der Waals surface area contributed by atoms with Crippen molar-refractivity contribution in [2.45, 2.75) is 84.6 Å². The van der Waals surface area contributed by atoms with Gasteiger partial charge in [0.2, 0.25) is 11.8 Å². The molecular formula is C28H38N2O3. The van der Waals surface area contributed by atoms with Crippen molar-refractivity contribution in [3.8, 4) is 5.75 Å². The third kappa shape index (κ3) is 6.37. The number of benzene rings is 2. The number of phenols is 1. The molecule has 0 atom stereocenters. The Labute approximate surface area is 198 Å². The van der Waals surface area contributed by atoms with Crippen molar-refractivity contribution in [2.75, 3.05) is 11.9 Å². The molecular weight excluding hydrogens is 412 g/mol. The zero-order valence-electron chi connectivity index (χ0n) is 20.9. The maximum Gasteiger partial charge on any atom is 0.224 e. The third-order valence-corrected chi connectivity index (χ3v) is 6.18. The molecule has 0 radical (unpaired) electrons. The van der Waals surface area contributed by atoms with Crippen LogP contribution in [0.3, 0.4) is 0 Å². The normalized spacial score (nSPS) is 14.6. The fourth-order valence-electron chi connectivity index (χ4n) is 4.30. The van der Waals surface area contributed by atoms with Gasteiger partial charge in [0.15, 0.2) is 0 Å². The molecule has 0 bridgehead atoms. The van der Waals surface area contributed by atoms with E-state index in [2.05, 4.69) is 46.9 Å². The number of aromatic hydroxyl groups is 1. The first kappa shape index (κ1) is 24.8. The van der Waals surface area contributed by atoms with E-state index in [1.54, 1.807) is 0 Å². The molecule has 0 saturated carbocycles. The highest BCUT2D eigenvalue weighted by Gasteiger charge is 2.26. The molecule has 0 aliphatic carbocycles. The highest BCUT2D eigenvalue weighted by Crippen LogP contribution is 2.40. The van der Waals surface area contributed by atoms with Crippen LogP contribution < -0.4 is 5.32 Å². The van der Waals surface area contributed by atoms with Gasteiger partial charge >= 0.3 is 0 Å². The second-order valence-electron chi connectivity index (χ2n) is 11.2. The lowest BCUT2D eigenvalue weighted by Crippen LogP contribution is -2.23. The lowest BCUT2D eigenvalue weighted by Gasteiger charge is -2.28. The van der Waals surface area contributed by atoms with Gasteiger partial charge in [-0.1, -0.05) is 65.8 Å².